The second-order valence-electron chi connectivity index (χ2n) is 3.55. The Hall–Kier alpha value is -1.23. The summed E-state index contributed by atoms with van der Waals surface area (Å²) in [7, 11) is 1.54. The minimum atomic E-state index is -0.474. The third kappa shape index (κ3) is 2.96. The van der Waals surface area contributed by atoms with Gasteiger partial charge in [0.05, 0.1) is 10.7 Å². The van der Waals surface area contributed by atoms with E-state index >= 15 is 0 Å². The summed E-state index contributed by atoms with van der Waals surface area (Å²) in [5.74, 6) is -0.0156. The lowest BCUT2D eigenvalue weighted by Crippen LogP contribution is -1.99. The van der Waals surface area contributed by atoms with Crippen molar-refractivity contribution >= 4 is 23.2 Å². The van der Waals surface area contributed by atoms with Crippen molar-refractivity contribution in [3.05, 3.63) is 46.1 Å². The van der Waals surface area contributed by atoms with Gasteiger partial charge in [0.25, 0.3) is 0 Å². The largest absolute Gasteiger partial charge is 0.377 e. The van der Waals surface area contributed by atoms with Gasteiger partial charge in [-0.05, 0) is 18.2 Å². The zero-order chi connectivity index (χ0) is 13.1. The number of methoxy groups -OCH3 is 1. The van der Waals surface area contributed by atoms with Gasteiger partial charge in [-0.2, -0.15) is 0 Å². The van der Waals surface area contributed by atoms with Crippen molar-refractivity contribution in [1.82, 2.24) is 9.97 Å². The maximum absolute atomic E-state index is 13.1. The third-order valence-electron chi connectivity index (χ3n) is 2.23. The molecule has 3 nitrogen and oxygen atoms in total. The Bertz CT molecular complexity index is 578. The van der Waals surface area contributed by atoms with Crippen molar-refractivity contribution in [2.24, 2.45) is 0 Å². The van der Waals surface area contributed by atoms with E-state index < -0.39 is 5.82 Å². The molecule has 0 amide bonds. The molecule has 1 heterocycles. The molecule has 1 aromatic heterocycles. The molecule has 0 aliphatic rings. The summed E-state index contributed by atoms with van der Waals surface area (Å²) in [6.07, 6.45) is 0. The van der Waals surface area contributed by atoms with Gasteiger partial charge in [-0.15, -0.1) is 0 Å². The Morgan fingerprint density at radius 1 is 1.22 bits per heavy atom. The number of ether oxygens (including phenoxy) is 1. The van der Waals surface area contributed by atoms with Gasteiger partial charge in [0.15, 0.2) is 5.82 Å². The van der Waals surface area contributed by atoms with Crippen LogP contribution in [0.4, 0.5) is 4.39 Å². The second kappa shape index (κ2) is 5.61. The molecule has 1 aromatic carbocycles. The third-order valence-corrected chi connectivity index (χ3v) is 2.71. The average Bonchev–Trinajstić information content (AvgIpc) is 2.32. The molecule has 0 radical (unpaired) electrons. The summed E-state index contributed by atoms with van der Waals surface area (Å²) in [5, 5.41) is 0.336. The van der Waals surface area contributed by atoms with Gasteiger partial charge in [-0.3, -0.25) is 0 Å². The number of benzene rings is 1. The summed E-state index contributed by atoms with van der Waals surface area (Å²) >= 11 is 11.6. The van der Waals surface area contributed by atoms with Crippen LogP contribution in [0.25, 0.3) is 11.3 Å². The molecule has 6 heteroatoms. The molecule has 0 unspecified atom stereocenters. The van der Waals surface area contributed by atoms with Crippen molar-refractivity contribution in [2.45, 2.75) is 6.61 Å². The molecular weight excluding hydrogens is 278 g/mol. The van der Waals surface area contributed by atoms with Crippen LogP contribution in [0.15, 0.2) is 24.3 Å². The number of hydrogen-bond donors (Lipinski definition) is 0. The SMILES string of the molecule is COCc1nc(Cl)cc(-c2ccc(F)c(Cl)c2)n1. The predicted octanol–water partition coefficient (Wildman–Crippen LogP) is 3.74. The first-order valence-corrected chi connectivity index (χ1v) is 5.83. The van der Waals surface area contributed by atoms with Crippen LogP contribution in [0.1, 0.15) is 5.82 Å². The number of aromatic nitrogens is 2. The van der Waals surface area contributed by atoms with E-state index in [-0.39, 0.29) is 11.6 Å². The molecule has 0 saturated heterocycles. The molecular formula is C12H9Cl2FN2O. The normalized spacial score (nSPS) is 10.7. The van der Waals surface area contributed by atoms with Crippen molar-refractivity contribution in [2.75, 3.05) is 7.11 Å². The Kier molecular flexibility index (Phi) is 4.11. The lowest BCUT2D eigenvalue weighted by Gasteiger charge is -2.05. The molecule has 0 saturated carbocycles. The molecule has 0 bridgehead atoms. The molecule has 0 N–H and O–H groups in total. The van der Waals surface area contributed by atoms with Crippen LogP contribution in [-0.4, -0.2) is 17.1 Å². The standard InChI is InChI=1S/C12H9Cl2FN2O/c1-18-6-12-16-10(5-11(14)17-12)7-2-3-9(15)8(13)4-7/h2-5H,6H2,1H3. The highest BCUT2D eigenvalue weighted by atomic mass is 35.5. The van der Waals surface area contributed by atoms with E-state index in [1.807, 2.05) is 0 Å². The van der Waals surface area contributed by atoms with Crippen LogP contribution in [-0.2, 0) is 11.3 Å². The topological polar surface area (TPSA) is 35.0 Å². The fourth-order valence-electron chi connectivity index (χ4n) is 1.46. The monoisotopic (exact) mass is 286 g/mol. The molecule has 0 atom stereocenters. The van der Waals surface area contributed by atoms with E-state index in [9.17, 15) is 4.39 Å². The van der Waals surface area contributed by atoms with Gasteiger partial charge >= 0.3 is 0 Å². The van der Waals surface area contributed by atoms with Crippen molar-refractivity contribution in [3.8, 4) is 11.3 Å². The minimum Gasteiger partial charge on any atom is -0.377 e. The van der Waals surface area contributed by atoms with Crippen LogP contribution in [0.3, 0.4) is 0 Å². The fourth-order valence-corrected chi connectivity index (χ4v) is 1.84. The van der Waals surface area contributed by atoms with E-state index in [1.165, 1.54) is 12.1 Å². The van der Waals surface area contributed by atoms with E-state index in [4.69, 9.17) is 27.9 Å². The minimum absolute atomic E-state index is 0.0375. The highest BCUT2D eigenvalue weighted by Gasteiger charge is 2.08. The van der Waals surface area contributed by atoms with E-state index in [0.29, 0.717) is 22.2 Å². The zero-order valence-electron chi connectivity index (χ0n) is 9.45. The van der Waals surface area contributed by atoms with Crippen LogP contribution in [0.2, 0.25) is 10.2 Å². The predicted molar refractivity (Wildman–Crippen MR) is 68.2 cm³/mol. The van der Waals surface area contributed by atoms with Gasteiger partial charge in [0.2, 0.25) is 0 Å². The van der Waals surface area contributed by atoms with E-state index in [1.54, 1.807) is 19.2 Å². The van der Waals surface area contributed by atoms with E-state index in [2.05, 4.69) is 9.97 Å². The summed E-state index contributed by atoms with van der Waals surface area (Å²) in [6, 6.07) is 5.94. The summed E-state index contributed by atoms with van der Waals surface area (Å²) in [4.78, 5) is 8.27. The summed E-state index contributed by atoms with van der Waals surface area (Å²) in [5.41, 5.74) is 1.24. The van der Waals surface area contributed by atoms with Crippen molar-refractivity contribution < 1.29 is 9.13 Å². The van der Waals surface area contributed by atoms with Gasteiger partial charge in [0, 0.05) is 18.7 Å². The molecule has 0 fully saturated rings. The molecule has 18 heavy (non-hydrogen) atoms. The number of rotatable bonds is 3. The van der Waals surface area contributed by atoms with Crippen molar-refractivity contribution in [3.63, 3.8) is 0 Å². The van der Waals surface area contributed by atoms with Crippen molar-refractivity contribution in [1.29, 1.82) is 0 Å². The van der Waals surface area contributed by atoms with Crippen LogP contribution >= 0.6 is 23.2 Å². The van der Waals surface area contributed by atoms with Crippen LogP contribution in [0, 0.1) is 5.82 Å². The summed E-state index contributed by atoms with van der Waals surface area (Å²) < 4.78 is 18.0. The Balaban J connectivity index is 2.46. The number of halogens is 3. The molecule has 0 spiro atoms. The van der Waals surface area contributed by atoms with E-state index in [0.717, 1.165) is 0 Å². The van der Waals surface area contributed by atoms with Crippen LogP contribution in [0.5, 0.6) is 0 Å². The first-order chi connectivity index (χ1) is 8.60. The Morgan fingerprint density at radius 3 is 2.67 bits per heavy atom. The maximum atomic E-state index is 13.1. The fraction of sp³-hybridized carbons (Fsp3) is 0.167. The highest BCUT2D eigenvalue weighted by Crippen LogP contribution is 2.25. The Morgan fingerprint density at radius 2 is 2.00 bits per heavy atom. The highest BCUT2D eigenvalue weighted by molar-refractivity contribution is 6.31. The maximum Gasteiger partial charge on any atom is 0.156 e. The van der Waals surface area contributed by atoms with Crippen LogP contribution < -0.4 is 0 Å². The number of hydrogen-bond acceptors (Lipinski definition) is 3. The number of nitrogens with zero attached hydrogens (tertiary/aromatic N) is 2. The zero-order valence-corrected chi connectivity index (χ0v) is 11.0. The Labute approximate surface area is 114 Å². The van der Waals surface area contributed by atoms with Gasteiger partial charge in [-0.25, -0.2) is 14.4 Å². The molecule has 0 aliphatic heterocycles. The quantitative estimate of drug-likeness (QED) is 0.807. The molecule has 2 rings (SSSR count). The van der Waals surface area contributed by atoms with Gasteiger partial charge in [-0.1, -0.05) is 23.2 Å². The first-order valence-electron chi connectivity index (χ1n) is 5.08. The lowest BCUT2D eigenvalue weighted by atomic mass is 10.1. The molecule has 2 aromatic rings. The first kappa shape index (κ1) is 13.2. The average molecular weight is 287 g/mol. The van der Waals surface area contributed by atoms with Gasteiger partial charge in [0.1, 0.15) is 17.6 Å². The molecule has 94 valence electrons. The lowest BCUT2D eigenvalue weighted by molar-refractivity contribution is 0.178. The molecule has 0 aliphatic carbocycles. The smallest absolute Gasteiger partial charge is 0.156 e. The van der Waals surface area contributed by atoms with Gasteiger partial charge < -0.3 is 4.74 Å². The second-order valence-corrected chi connectivity index (χ2v) is 4.35. The summed E-state index contributed by atoms with van der Waals surface area (Å²) in [6.45, 7) is 0.252.